The van der Waals surface area contributed by atoms with Gasteiger partial charge in [-0.1, -0.05) is 36.4 Å². The van der Waals surface area contributed by atoms with Crippen LogP contribution in [0, 0.1) is 6.92 Å². The van der Waals surface area contributed by atoms with Crippen LogP contribution in [0.5, 0.6) is 5.75 Å². The second kappa shape index (κ2) is 8.59. The Kier molecular flexibility index (Phi) is 5.69. The lowest BCUT2D eigenvalue weighted by atomic mass is 10.1. The van der Waals surface area contributed by atoms with Crippen LogP contribution in [0.25, 0.3) is 11.0 Å². The van der Waals surface area contributed by atoms with E-state index >= 15 is 0 Å². The van der Waals surface area contributed by atoms with Gasteiger partial charge < -0.3 is 19.8 Å². The Morgan fingerprint density at radius 3 is 2.31 bits per heavy atom. The summed E-state index contributed by atoms with van der Waals surface area (Å²) in [6, 6.07) is 23.6. The Bertz CT molecular complexity index is 1240. The molecular weight excluding hydrogens is 404 g/mol. The number of ether oxygens (including phenoxy) is 1. The lowest BCUT2D eigenvalue weighted by Gasteiger charge is -2.25. The van der Waals surface area contributed by atoms with E-state index in [4.69, 9.17) is 9.15 Å². The quantitative estimate of drug-likeness (QED) is 0.407. The average molecular weight is 428 g/mol. The van der Waals surface area contributed by atoms with Crippen LogP contribution in [-0.2, 0) is 4.79 Å². The van der Waals surface area contributed by atoms with E-state index in [-0.39, 0.29) is 17.6 Å². The number of nitrogens with one attached hydrogen (secondary N) is 2. The molecule has 6 nitrogen and oxygen atoms in total. The molecule has 4 rings (SSSR count). The lowest BCUT2D eigenvalue weighted by molar-refractivity contribution is -0.128. The Balaban J connectivity index is 1.43. The Morgan fingerprint density at radius 1 is 0.875 bits per heavy atom. The van der Waals surface area contributed by atoms with E-state index in [1.54, 1.807) is 50.2 Å². The Hall–Kier alpha value is -4.06. The minimum atomic E-state index is -1.07. The molecule has 0 unspecified atom stereocenters. The molecule has 162 valence electrons. The van der Waals surface area contributed by atoms with E-state index in [2.05, 4.69) is 10.6 Å². The standard InChI is InChI=1S/C26H24N2O4/c1-17-15-19(27-25(30)26(2,3)32-20-10-5-4-6-11-20)13-14-21(17)28-24(29)23-16-18-9-7-8-12-22(18)31-23/h4-16H,1-3H3,(H,27,30)(H,28,29). The van der Waals surface area contributed by atoms with Gasteiger partial charge in [0.05, 0.1) is 0 Å². The predicted molar refractivity (Wildman–Crippen MR) is 125 cm³/mol. The molecule has 3 aromatic carbocycles. The van der Waals surface area contributed by atoms with Gasteiger partial charge in [-0.3, -0.25) is 9.59 Å². The van der Waals surface area contributed by atoms with Crippen molar-refractivity contribution < 1.29 is 18.7 Å². The Labute approximate surface area is 186 Å². The number of furan rings is 1. The number of rotatable bonds is 6. The molecule has 0 aliphatic heterocycles. The van der Waals surface area contributed by atoms with Crippen LogP contribution in [0.2, 0.25) is 0 Å². The highest BCUT2D eigenvalue weighted by Gasteiger charge is 2.30. The fourth-order valence-corrected chi connectivity index (χ4v) is 3.27. The third-order valence-electron chi connectivity index (χ3n) is 5.04. The van der Waals surface area contributed by atoms with Gasteiger partial charge in [0.2, 0.25) is 0 Å². The molecule has 0 aliphatic carbocycles. The molecule has 0 atom stereocenters. The van der Waals surface area contributed by atoms with Crippen LogP contribution in [-0.4, -0.2) is 17.4 Å². The van der Waals surface area contributed by atoms with E-state index in [0.717, 1.165) is 10.9 Å². The van der Waals surface area contributed by atoms with Gasteiger partial charge in [0.15, 0.2) is 11.4 Å². The largest absolute Gasteiger partial charge is 0.478 e. The summed E-state index contributed by atoms with van der Waals surface area (Å²) in [5.41, 5.74) is 1.64. The third kappa shape index (κ3) is 4.64. The van der Waals surface area contributed by atoms with Crippen molar-refractivity contribution in [2.75, 3.05) is 10.6 Å². The van der Waals surface area contributed by atoms with Crippen molar-refractivity contribution >= 4 is 34.2 Å². The molecule has 2 amide bonds. The first-order valence-electron chi connectivity index (χ1n) is 10.3. The van der Waals surface area contributed by atoms with E-state index in [0.29, 0.717) is 22.7 Å². The Morgan fingerprint density at radius 2 is 1.59 bits per heavy atom. The molecule has 0 spiro atoms. The molecule has 0 saturated carbocycles. The number of aryl methyl sites for hydroxylation is 1. The third-order valence-corrected chi connectivity index (χ3v) is 5.04. The van der Waals surface area contributed by atoms with Gasteiger partial charge in [-0.05, 0) is 68.8 Å². The second-order valence-corrected chi connectivity index (χ2v) is 8.01. The van der Waals surface area contributed by atoms with Gasteiger partial charge in [-0.2, -0.15) is 0 Å². The number of hydrogen-bond donors (Lipinski definition) is 2. The van der Waals surface area contributed by atoms with Crippen LogP contribution < -0.4 is 15.4 Å². The van der Waals surface area contributed by atoms with E-state index in [1.807, 2.05) is 49.4 Å². The molecule has 2 N–H and O–H groups in total. The van der Waals surface area contributed by atoms with Crippen LogP contribution in [0.4, 0.5) is 11.4 Å². The number of hydrogen-bond acceptors (Lipinski definition) is 4. The van der Waals surface area contributed by atoms with Gasteiger partial charge in [0.25, 0.3) is 11.8 Å². The molecule has 1 aromatic heterocycles. The molecule has 0 aliphatic rings. The fraction of sp³-hybridized carbons (Fsp3) is 0.154. The number of para-hydroxylation sites is 2. The van der Waals surface area contributed by atoms with Crippen LogP contribution in [0.1, 0.15) is 30.0 Å². The second-order valence-electron chi connectivity index (χ2n) is 8.01. The van der Waals surface area contributed by atoms with Crippen molar-refractivity contribution in [2.24, 2.45) is 0 Å². The maximum Gasteiger partial charge on any atom is 0.291 e. The number of benzene rings is 3. The van der Waals surface area contributed by atoms with Crippen molar-refractivity contribution in [2.45, 2.75) is 26.4 Å². The average Bonchev–Trinajstić information content (AvgIpc) is 3.20. The zero-order chi connectivity index (χ0) is 22.7. The zero-order valence-corrected chi connectivity index (χ0v) is 18.1. The number of carbonyl (C=O) groups is 2. The molecule has 0 saturated heterocycles. The number of amides is 2. The topological polar surface area (TPSA) is 80.6 Å². The van der Waals surface area contributed by atoms with Crippen LogP contribution in [0.3, 0.4) is 0 Å². The monoisotopic (exact) mass is 428 g/mol. The van der Waals surface area contributed by atoms with Gasteiger partial charge in [-0.25, -0.2) is 0 Å². The molecule has 0 bridgehead atoms. The molecule has 0 radical (unpaired) electrons. The maximum atomic E-state index is 12.8. The fourth-order valence-electron chi connectivity index (χ4n) is 3.27. The van der Waals surface area contributed by atoms with Crippen molar-refractivity contribution in [1.82, 2.24) is 0 Å². The number of fused-ring (bicyclic) bond motifs is 1. The first kappa shape index (κ1) is 21.2. The van der Waals surface area contributed by atoms with Crippen molar-refractivity contribution in [1.29, 1.82) is 0 Å². The molecule has 4 aromatic rings. The summed E-state index contributed by atoms with van der Waals surface area (Å²) in [7, 11) is 0. The lowest BCUT2D eigenvalue weighted by Crippen LogP contribution is -2.42. The number of carbonyl (C=O) groups excluding carboxylic acids is 2. The van der Waals surface area contributed by atoms with E-state index in [1.165, 1.54) is 0 Å². The molecule has 0 fully saturated rings. The SMILES string of the molecule is Cc1cc(NC(=O)C(C)(C)Oc2ccccc2)ccc1NC(=O)c1cc2ccccc2o1. The van der Waals surface area contributed by atoms with E-state index in [9.17, 15) is 9.59 Å². The van der Waals surface area contributed by atoms with Crippen molar-refractivity contribution in [3.8, 4) is 5.75 Å². The maximum absolute atomic E-state index is 12.8. The summed E-state index contributed by atoms with van der Waals surface area (Å²) in [6.07, 6.45) is 0. The van der Waals surface area contributed by atoms with E-state index < -0.39 is 5.60 Å². The molecule has 6 heteroatoms. The van der Waals surface area contributed by atoms with Crippen molar-refractivity contribution in [3.63, 3.8) is 0 Å². The predicted octanol–water partition coefficient (Wildman–Crippen LogP) is 5.79. The summed E-state index contributed by atoms with van der Waals surface area (Å²) >= 11 is 0. The van der Waals surface area contributed by atoms with Crippen molar-refractivity contribution in [3.05, 3.63) is 90.2 Å². The van der Waals surface area contributed by atoms with Gasteiger partial charge in [-0.15, -0.1) is 0 Å². The van der Waals surface area contributed by atoms with Gasteiger partial charge in [0.1, 0.15) is 11.3 Å². The summed E-state index contributed by atoms with van der Waals surface area (Å²) in [5.74, 6) is 0.244. The molecule has 1 heterocycles. The first-order chi connectivity index (χ1) is 15.3. The summed E-state index contributed by atoms with van der Waals surface area (Å²) in [5, 5.41) is 6.61. The summed E-state index contributed by atoms with van der Waals surface area (Å²) < 4.78 is 11.5. The van der Waals surface area contributed by atoms with Gasteiger partial charge in [0, 0.05) is 16.8 Å². The van der Waals surface area contributed by atoms with Gasteiger partial charge >= 0.3 is 0 Å². The summed E-state index contributed by atoms with van der Waals surface area (Å²) in [4.78, 5) is 25.4. The zero-order valence-electron chi connectivity index (χ0n) is 18.1. The number of anilines is 2. The highest BCUT2D eigenvalue weighted by atomic mass is 16.5. The molecular formula is C26H24N2O4. The van der Waals surface area contributed by atoms with Crippen LogP contribution >= 0.6 is 0 Å². The normalized spacial score (nSPS) is 11.2. The first-order valence-corrected chi connectivity index (χ1v) is 10.3. The van der Waals surface area contributed by atoms with Crippen LogP contribution in [0.15, 0.2) is 83.3 Å². The minimum absolute atomic E-state index is 0.239. The minimum Gasteiger partial charge on any atom is -0.478 e. The summed E-state index contributed by atoms with van der Waals surface area (Å²) in [6.45, 7) is 5.28. The smallest absolute Gasteiger partial charge is 0.291 e. The molecule has 32 heavy (non-hydrogen) atoms. The highest BCUT2D eigenvalue weighted by molar-refractivity contribution is 6.05. The highest BCUT2D eigenvalue weighted by Crippen LogP contribution is 2.25.